The molecule has 2 heterocycles. The van der Waals surface area contributed by atoms with Crippen molar-refractivity contribution in [1.29, 1.82) is 0 Å². The Bertz CT molecular complexity index is 1010. The van der Waals surface area contributed by atoms with E-state index in [9.17, 15) is 14.4 Å². The van der Waals surface area contributed by atoms with E-state index in [2.05, 4.69) is 4.98 Å². The summed E-state index contributed by atoms with van der Waals surface area (Å²) >= 11 is 0. The fourth-order valence-electron chi connectivity index (χ4n) is 2.93. The molecule has 140 valence electrons. The average Bonchev–Trinajstić information content (AvgIpc) is 3.33. The van der Waals surface area contributed by atoms with Crippen LogP contribution in [0.5, 0.6) is 0 Å². The largest absolute Gasteiger partial charge is 0.452 e. The number of oxazole rings is 1. The van der Waals surface area contributed by atoms with Crippen LogP contribution in [0.2, 0.25) is 0 Å². The first kappa shape index (κ1) is 17.7. The molecule has 1 aromatic heterocycles. The summed E-state index contributed by atoms with van der Waals surface area (Å²) in [7, 11) is 0. The zero-order valence-corrected chi connectivity index (χ0v) is 14.8. The van der Waals surface area contributed by atoms with Crippen molar-refractivity contribution in [3.05, 3.63) is 72.2 Å². The first-order valence-corrected chi connectivity index (χ1v) is 8.75. The fourth-order valence-corrected chi connectivity index (χ4v) is 2.93. The summed E-state index contributed by atoms with van der Waals surface area (Å²) in [5.74, 6) is -0.144. The van der Waals surface area contributed by atoms with Gasteiger partial charge in [-0.3, -0.25) is 14.5 Å². The first-order chi connectivity index (χ1) is 13.6. The van der Waals surface area contributed by atoms with Crippen LogP contribution in [0.4, 0.5) is 5.69 Å². The SMILES string of the molecule is O=C(OCc1ncc(-c2ccccc2)o1)c1ccc(N2C(=O)CCC2=O)cc1. The Kier molecular flexibility index (Phi) is 4.72. The monoisotopic (exact) mass is 376 g/mol. The van der Waals surface area contributed by atoms with Gasteiger partial charge in [0.15, 0.2) is 12.4 Å². The van der Waals surface area contributed by atoms with Gasteiger partial charge in [0, 0.05) is 18.4 Å². The number of hydrogen-bond donors (Lipinski definition) is 0. The van der Waals surface area contributed by atoms with Crippen molar-refractivity contribution >= 4 is 23.5 Å². The predicted molar refractivity (Wildman–Crippen MR) is 99.2 cm³/mol. The standard InChI is InChI=1S/C21H16N2O5/c24-19-10-11-20(25)23(19)16-8-6-15(7-9-16)21(26)27-13-18-22-12-17(28-18)14-4-2-1-3-5-14/h1-9,12H,10-11,13H2. The highest BCUT2D eigenvalue weighted by Gasteiger charge is 2.30. The maximum Gasteiger partial charge on any atom is 0.338 e. The number of ether oxygens (including phenoxy) is 1. The van der Waals surface area contributed by atoms with Crippen LogP contribution in [0.1, 0.15) is 29.1 Å². The average molecular weight is 376 g/mol. The second kappa shape index (κ2) is 7.48. The number of anilines is 1. The molecule has 0 saturated carbocycles. The van der Waals surface area contributed by atoms with Crippen LogP contribution in [0.15, 0.2) is 65.2 Å². The number of hydrogen-bond acceptors (Lipinski definition) is 6. The van der Waals surface area contributed by atoms with E-state index < -0.39 is 5.97 Å². The van der Waals surface area contributed by atoms with Gasteiger partial charge in [0.05, 0.1) is 17.4 Å². The van der Waals surface area contributed by atoms with Crippen molar-refractivity contribution in [2.45, 2.75) is 19.4 Å². The Morgan fingerprint density at radius 1 is 1.00 bits per heavy atom. The summed E-state index contributed by atoms with van der Waals surface area (Å²) in [6.45, 7) is -0.101. The minimum absolute atomic E-state index is 0.101. The molecule has 1 fully saturated rings. The van der Waals surface area contributed by atoms with E-state index in [4.69, 9.17) is 9.15 Å². The van der Waals surface area contributed by atoms with E-state index in [0.717, 1.165) is 10.5 Å². The van der Waals surface area contributed by atoms with Crippen molar-refractivity contribution < 1.29 is 23.5 Å². The Morgan fingerprint density at radius 3 is 2.36 bits per heavy atom. The van der Waals surface area contributed by atoms with Gasteiger partial charge in [-0.15, -0.1) is 0 Å². The van der Waals surface area contributed by atoms with Crippen LogP contribution in [-0.2, 0) is 20.9 Å². The van der Waals surface area contributed by atoms with Crippen LogP contribution in [-0.4, -0.2) is 22.8 Å². The minimum Gasteiger partial charge on any atom is -0.452 e. The molecule has 4 rings (SSSR count). The van der Waals surface area contributed by atoms with Gasteiger partial charge in [0.25, 0.3) is 0 Å². The Hall–Kier alpha value is -3.74. The molecule has 0 aliphatic carbocycles. The van der Waals surface area contributed by atoms with E-state index >= 15 is 0 Å². The van der Waals surface area contributed by atoms with Gasteiger partial charge < -0.3 is 9.15 Å². The molecule has 3 aromatic rings. The molecule has 0 bridgehead atoms. The molecule has 2 amide bonds. The Balaban J connectivity index is 1.38. The fraction of sp³-hybridized carbons (Fsp3) is 0.143. The number of imide groups is 1. The summed E-state index contributed by atoms with van der Waals surface area (Å²) < 4.78 is 10.8. The van der Waals surface area contributed by atoms with Gasteiger partial charge in [-0.2, -0.15) is 0 Å². The molecule has 0 spiro atoms. The summed E-state index contributed by atoms with van der Waals surface area (Å²) in [5.41, 5.74) is 1.64. The number of aromatic nitrogens is 1. The number of amides is 2. The van der Waals surface area contributed by atoms with Crippen LogP contribution < -0.4 is 4.90 Å². The first-order valence-electron chi connectivity index (χ1n) is 8.75. The normalized spacial score (nSPS) is 13.8. The quantitative estimate of drug-likeness (QED) is 0.501. The van der Waals surface area contributed by atoms with Crippen LogP contribution in [0.25, 0.3) is 11.3 Å². The van der Waals surface area contributed by atoms with Gasteiger partial charge in [-0.25, -0.2) is 9.78 Å². The summed E-state index contributed by atoms with van der Waals surface area (Å²) in [6, 6.07) is 15.6. The number of nitrogens with zero attached hydrogens (tertiary/aromatic N) is 2. The van der Waals surface area contributed by atoms with E-state index in [-0.39, 0.29) is 37.2 Å². The van der Waals surface area contributed by atoms with Crippen LogP contribution in [0, 0.1) is 0 Å². The molecule has 1 aliphatic rings. The summed E-state index contributed by atoms with van der Waals surface area (Å²) in [4.78, 5) is 41.0. The molecule has 0 radical (unpaired) electrons. The molecule has 28 heavy (non-hydrogen) atoms. The zero-order valence-electron chi connectivity index (χ0n) is 14.8. The third-order valence-corrected chi connectivity index (χ3v) is 4.35. The zero-order chi connectivity index (χ0) is 19.5. The maximum atomic E-state index is 12.2. The Labute approximate surface area is 160 Å². The number of carbonyl (C=O) groups excluding carboxylic acids is 3. The van der Waals surface area contributed by atoms with Crippen molar-refractivity contribution in [1.82, 2.24) is 4.98 Å². The predicted octanol–water partition coefficient (Wildman–Crippen LogP) is 3.35. The van der Waals surface area contributed by atoms with E-state index in [0.29, 0.717) is 17.0 Å². The highest BCUT2D eigenvalue weighted by Crippen LogP contribution is 2.23. The van der Waals surface area contributed by atoms with E-state index in [1.54, 1.807) is 18.3 Å². The van der Waals surface area contributed by atoms with E-state index in [1.807, 2.05) is 30.3 Å². The number of carbonyl (C=O) groups is 3. The van der Waals surface area contributed by atoms with Crippen molar-refractivity contribution in [3.8, 4) is 11.3 Å². The van der Waals surface area contributed by atoms with Crippen molar-refractivity contribution in [2.75, 3.05) is 4.90 Å². The lowest BCUT2D eigenvalue weighted by molar-refractivity contribution is -0.121. The molecular weight excluding hydrogens is 360 g/mol. The Morgan fingerprint density at radius 2 is 1.68 bits per heavy atom. The van der Waals surface area contributed by atoms with Crippen molar-refractivity contribution in [2.24, 2.45) is 0 Å². The molecular formula is C21H16N2O5. The van der Waals surface area contributed by atoms with Crippen molar-refractivity contribution in [3.63, 3.8) is 0 Å². The molecule has 1 aliphatic heterocycles. The second-order valence-corrected chi connectivity index (χ2v) is 6.23. The molecule has 2 aromatic carbocycles. The lowest BCUT2D eigenvalue weighted by Gasteiger charge is -2.13. The summed E-state index contributed by atoms with van der Waals surface area (Å²) in [6.07, 6.45) is 2.00. The third-order valence-electron chi connectivity index (χ3n) is 4.35. The van der Waals surface area contributed by atoms with E-state index in [1.165, 1.54) is 12.1 Å². The molecule has 0 atom stereocenters. The molecule has 1 saturated heterocycles. The second-order valence-electron chi connectivity index (χ2n) is 6.23. The van der Waals surface area contributed by atoms with Gasteiger partial charge in [-0.1, -0.05) is 30.3 Å². The van der Waals surface area contributed by atoms with Gasteiger partial charge in [0.2, 0.25) is 17.7 Å². The number of rotatable bonds is 5. The smallest absolute Gasteiger partial charge is 0.338 e. The maximum absolute atomic E-state index is 12.2. The van der Waals surface area contributed by atoms with Gasteiger partial charge in [0.1, 0.15) is 0 Å². The van der Waals surface area contributed by atoms with Crippen LogP contribution in [0.3, 0.4) is 0 Å². The molecule has 0 unspecified atom stereocenters. The summed E-state index contributed by atoms with van der Waals surface area (Å²) in [5, 5.41) is 0. The molecule has 7 nitrogen and oxygen atoms in total. The highest BCUT2D eigenvalue weighted by molar-refractivity contribution is 6.19. The lowest BCUT2D eigenvalue weighted by Crippen LogP contribution is -2.28. The molecule has 0 N–H and O–H groups in total. The topological polar surface area (TPSA) is 89.7 Å². The third kappa shape index (κ3) is 3.55. The highest BCUT2D eigenvalue weighted by atomic mass is 16.5. The van der Waals surface area contributed by atoms with Gasteiger partial charge in [-0.05, 0) is 24.3 Å². The van der Waals surface area contributed by atoms with Gasteiger partial charge >= 0.3 is 5.97 Å². The number of benzene rings is 2. The lowest BCUT2D eigenvalue weighted by atomic mass is 10.2. The number of esters is 1. The molecule has 7 heteroatoms. The minimum atomic E-state index is -0.551. The van der Waals surface area contributed by atoms with Crippen LogP contribution >= 0.6 is 0 Å².